The smallest absolute Gasteiger partial charge is 0.416 e. The lowest BCUT2D eigenvalue weighted by atomic mass is 10.1. The van der Waals surface area contributed by atoms with Crippen LogP contribution >= 0.6 is 45.2 Å². The quantitative estimate of drug-likeness (QED) is 0.343. The van der Waals surface area contributed by atoms with Crippen LogP contribution in [0.4, 0.5) is 18.9 Å². The molecule has 0 radical (unpaired) electrons. The first-order valence-electron chi connectivity index (χ1n) is 5.99. The third-order valence-electron chi connectivity index (χ3n) is 3.07. The molecule has 0 saturated carbocycles. The average molecular weight is 530 g/mol. The molecular formula is C14H7F3I2N2O. The first-order chi connectivity index (χ1) is 10.3. The largest absolute Gasteiger partial charge is 0.435 e. The number of nitrogens with two attached hydrogens (primary N) is 1. The summed E-state index contributed by atoms with van der Waals surface area (Å²) in [6, 6.07) is 6.54. The summed E-state index contributed by atoms with van der Waals surface area (Å²) in [5.74, 6) is 0.246. The molecule has 2 N–H and O–H groups in total. The summed E-state index contributed by atoms with van der Waals surface area (Å²) >= 11 is 4.20. The molecule has 8 heteroatoms. The molecule has 2 aromatic carbocycles. The monoisotopic (exact) mass is 530 g/mol. The summed E-state index contributed by atoms with van der Waals surface area (Å²) in [7, 11) is 0. The van der Waals surface area contributed by atoms with Crippen molar-refractivity contribution < 1.29 is 17.6 Å². The fraction of sp³-hybridized carbons (Fsp3) is 0.0714. The van der Waals surface area contributed by atoms with Crippen LogP contribution in [0.15, 0.2) is 34.7 Å². The van der Waals surface area contributed by atoms with E-state index in [0.29, 0.717) is 22.4 Å². The molecule has 114 valence electrons. The molecule has 0 aliphatic rings. The Balaban J connectivity index is 2.11. The Morgan fingerprint density at radius 2 is 1.68 bits per heavy atom. The number of alkyl halides is 3. The number of halogens is 5. The van der Waals surface area contributed by atoms with Gasteiger partial charge >= 0.3 is 6.18 Å². The number of nitrogen functional groups attached to an aromatic ring is 1. The molecule has 0 spiro atoms. The zero-order chi connectivity index (χ0) is 16.1. The highest BCUT2D eigenvalue weighted by atomic mass is 127. The zero-order valence-electron chi connectivity index (χ0n) is 10.7. The topological polar surface area (TPSA) is 52.0 Å². The van der Waals surface area contributed by atoms with Crippen molar-refractivity contribution in [3.05, 3.63) is 43.0 Å². The molecule has 0 bridgehead atoms. The average Bonchev–Trinajstić information content (AvgIpc) is 2.90. The number of rotatable bonds is 1. The highest BCUT2D eigenvalue weighted by Gasteiger charge is 2.30. The molecule has 0 unspecified atom stereocenters. The Labute approximate surface area is 150 Å². The number of hydrogen-bond acceptors (Lipinski definition) is 3. The van der Waals surface area contributed by atoms with Crippen LogP contribution < -0.4 is 5.73 Å². The van der Waals surface area contributed by atoms with E-state index in [1.165, 1.54) is 12.1 Å². The lowest BCUT2D eigenvalue weighted by molar-refractivity contribution is -0.137. The molecular weight excluding hydrogens is 523 g/mol. The SMILES string of the molecule is Nc1c(I)cc(I)c2oc(-c3ccc(C(F)(F)F)cc3)nc12. The van der Waals surface area contributed by atoms with Gasteiger partial charge in [0.2, 0.25) is 5.89 Å². The molecule has 3 rings (SSSR count). The van der Waals surface area contributed by atoms with Gasteiger partial charge in [-0.15, -0.1) is 0 Å². The Hall–Kier alpha value is -1.04. The van der Waals surface area contributed by atoms with Gasteiger partial charge in [0.1, 0.15) is 5.52 Å². The third kappa shape index (κ3) is 2.77. The Morgan fingerprint density at radius 3 is 2.27 bits per heavy atom. The minimum Gasteiger partial charge on any atom is -0.435 e. The predicted molar refractivity (Wildman–Crippen MR) is 94.3 cm³/mol. The molecule has 0 saturated heterocycles. The van der Waals surface area contributed by atoms with Crippen molar-refractivity contribution >= 4 is 62.0 Å². The van der Waals surface area contributed by atoms with Crippen LogP contribution in [0.3, 0.4) is 0 Å². The number of oxazole rings is 1. The van der Waals surface area contributed by atoms with Gasteiger partial charge in [-0.05, 0) is 75.5 Å². The van der Waals surface area contributed by atoms with E-state index in [2.05, 4.69) is 50.2 Å². The summed E-state index contributed by atoms with van der Waals surface area (Å²) in [6.07, 6.45) is -4.37. The van der Waals surface area contributed by atoms with Crippen LogP contribution in [0.25, 0.3) is 22.6 Å². The summed E-state index contributed by atoms with van der Waals surface area (Å²) < 4.78 is 45.1. The zero-order valence-corrected chi connectivity index (χ0v) is 15.0. The minimum absolute atomic E-state index is 0.246. The number of fused-ring (bicyclic) bond motifs is 1. The minimum atomic E-state index is -4.37. The molecule has 0 atom stereocenters. The normalized spacial score (nSPS) is 12.0. The molecule has 1 aromatic heterocycles. The maximum Gasteiger partial charge on any atom is 0.416 e. The molecule has 0 amide bonds. The molecule has 0 aliphatic carbocycles. The van der Waals surface area contributed by atoms with E-state index in [1.807, 2.05) is 6.07 Å². The second-order valence-corrected chi connectivity index (χ2v) is 6.85. The van der Waals surface area contributed by atoms with Crippen LogP contribution in [0.1, 0.15) is 5.56 Å². The first kappa shape index (κ1) is 15.8. The van der Waals surface area contributed by atoms with Gasteiger partial charge in [-0.25, -0.2) is 4.98 Å². The van der Waals surface area contributed by atoms with Gasteiger partial charge in [0, 0.05) is 9.13 Å². The number of benzene rings is 2. The summed E-state index contributed by atoms with van der Waals surface area (Å²) in [5, 5.41) is 0. The van der Waals surface area contributed by atoms with Gasteiger partial charge in [-0.2, -0.15) is 13.2 Å². The van der Waals surface area contributed by atoms with Gasteiger partial charge < -0.3 is 10.2 Å². The lowest BCUT2D eigenvalue weighted by Gasteiger charge is -2.05. The Bertz CT molecular complexity index is 857. The van der Waals surface area contributed by atoms with Crippen molar-refractivity contribution in [1.29, 1.82) is 0 Å². The van der Waals surface area contributed by atoms with Crippen molar-refractivity contribution in [2.75, 3.05) is 5.73 Å². The number of anilines is 1. The van der Waals surface area contributed by atoms with Crippen molar-refractivity contribution in [2.24, 2.45) is 0 Å². The van der Waals surface area contributed by atoms with E-state index >= 15 is 0 Å². The highest BCUT2D eigenvalue weighted by Crippen LogP contribution is 2.35. The molecule has 1 heterocycles. The van der Waals surface area contributed by atoms with E-state index < -0.39 is 11.7 Å². The van der Waals surface area contributed by atoms with E-state index in [1.54, 1.807) is 0 Å². The fourth-order valence-corrected chi connectivity index (χ4v) is 3.80. The van der Waals surface area contributed by atoms with Crippen molar-refractivity contribution in [3.8, 4) is 11.5 Å². The Kier molecular flexibility index (Phi) is 4.00. The third-order valence-corrected chi connectivity index (χ3v) is 4.76. The van der Waals surface area contributed by atoms with Gasteiger partial charge in [0.15, 0.2) is 5.58 Å². The second kappa shape index (κ2) is 5.55. The first-order valence-corrected chi connectivity index (χ1v) is 8.15. The van der Waals surface area contributed by atoms with E-state index in [9.17, 15) is 13.2 Å². The number of aromatic nitrogens is 1. The standard InChI is InChI=1S/C14H7F3I2N2O/c15-14(16,17)7-3-1-6(2-4-7)13-21-11-10(20)8(18)5-9(19)12(11)22-13/h1-5H,20H2. The Morgan fingerprint density at radius 1 is 1.05 bits per heavy atom. The van der Waals surface area contributed by atoms with Gasteiger partial charge in [0.25, 0.3) is 0 Å². The molecule has 0 aliphatic heterocycles. The van der Waals surface area contributed by atoms with Crippen LogP contribution in [0.5, 0.6) is 0 Å². The fourth-order valence-electron chi connectivity index (χ4n) is 1.96. The second-order valence-electron chi connectivity index (χ2n) is 4.53. The lowest BCUT2D eigenvalue weighted by Crippen LogP contribution is -2.03. The molecule has 3 nitrogen and oxygen atoms in total. The summed E-state index contributed by atoms with van der Waals surface area (Å²) in [4.78, 5) is 4.31. The van der Waals surface area contributed by atoms with Crippen LogP contribution in [0, 0.1) is 7.14 Å². The summed E-state index contributed by atoms with van der Waals surface area (Å²) in [6.45, 7) is 0. The number of nitrogens with zero attached hydrogens (tertiary/aromatic N) is 1. The van der Waals surface area contributed by atoms with Crippen LogP contribution in [-0.2, 0) is 6.18 Å². The summed E-state index contributed by atoms with van der Waals surface area (Å²) in [5.41, 5.74) is 7.29. The van der Waals surface area contributed by atoms with Gasteiger partial charge in [-0.1, -0.05) is 0 Å². The van der Waals surface area contributed by atoms with E-state index in [4.69, 9.17) is 10.2 Å². The predicted octanol–water partition coefficient (Wildman–Crippen LogP) is 5.31. The van der Waals surface area contributed by atoms with E-state index in [-0.39, 0.29) is 5.89 Å². The van der Waals surface area contributed by atoms with Crippen molar-refractivity contribution in [1.82, 2.24) is 4.98 Å². The van der Waals surface area contributed by atoms with E-state index in [0.717, 1.165) is 19.3 Å². The number of hydrogen-bond donors (Lipinski definition) is 1. The highest BCUT2D eigenvalue weighted by molar-refractivity contribution is 14.1. The molecule has 0 fully saturated rings. The molecule has 3 aromatic rings. The maximum atomic E-state index is 12.6. The maximum absolute atomic E-state index is 12.6. The van der Waals surface area contributed by atoms with Crippen LogP contribution in [-0.4, -0.2) is 4.98 Å². The van der Waals surface area contributed by atoms with Gasteiger partial charge in [0.05, 0.1) is 14.8 Å². The van der Waals surface area contributed by atoms with Gasteiger partial charge in [-0.3, -0.25) is 0 Å². The van der Waals surface area contributed by atoms with Crippen molar-refractivity contribution in [2.45, 2.75) is 6.18 Å². The van der Waals surface area contributed by atoms with Crippen LogP contribution in [0.2, 0.25) is 0 Å². The molecule has 22 heavy (non-hydrogen) atoms. The van der Waals surface area contributed by atoms with Crippen molar-refractivity contribution in [3.63, 3.8) is 0 Å².